The van der Waals surface area contributed by atoms with E-state index >= 15 is 0 Å². The van der Waals surface area contributed by atoms with E-state index in [2.05, 4.69) is 15.1 Å². The van der Waals surface area contributed by atoms with E-state index in [9.17, 15) is 4.39 Å². The van der Waals surface area contributed by atoms with Gasteiger partial charge in [0.05, 0.1) is 5.52 Å². The fourth-order valence-corrected chi connectivity index (χ4v) is 2.14. The van der Waals surface area contributed by atoms with Crippen LogP contribution in [0.5, 0.6) is 0 Å². The lowest BCUT2D eigenvalue weighted by Gasteiger charge is -2.13. The number of aromatic nitrogens is 2. The van der Waals surface area contributed by atoms with Crippen LogP contribution in [0.2, 0.25) is 0 Å². The number of benzene rings is 1. The number of aromatic amines is 1. The molecule has 2 heterocycles. The van der Waals surface area contributed by atoms with Crippen LogP contribution in [0.4, 0.5) is 10.2 Å². The molecule has 0 radical (unpaired) electrons. The van der Waals surface area contributed by atoms with E-state index in [1.54, 1.807) is 12.1 Å². The van der Waals surface area contributed by atoms with E-state index in [1.807, 2.05) is 0 Å². The molecular weight excluding hydrogens is 193 g/mol. The summed E-state index contributed by atoms with van der Waals surface area (Å²) in [7, 11) is 0. The lowest BCUT2D eigenvalue weighted by atomic mass is 10.2. The highest BCUT2D eigenvalue weighted by Crippen LogP contribution is 2.27. The van der Waals surface area contributed by atoms with Crippen LogP contribution in [-0.4, -0.2) is 23.3 Å². The van der Waals surface area contributed by atoms with E-state index in [1.165, 1.54) is 18.9 Å². The van der Waals surface area contributed by atoms with Crippen LogP contribution in [0.25, 0.3) is 10.9 Å². The predicted octanol–water partition coefficient (Wildman–Crippen LogP) is 2.30. The minimum absolute atomic E-state index is 0.204. The van der Waals surface area contributed by atoms with Crippen molar-refractivity contribution in [2.24, 2.45) is 0 Å². The van der Waals surface area contributed by atoms with Crippen molar-refractivity contribution in [2.75, 3.05) is 18.0 Å². The molecule has 0 amide bonds. The number of hydrogen-bond acceptors (Lipinski definition) is 2. The molecule has 3 rings (SSSR count). The minimum Gasteiger partial charge on any atom is -0.355 e. The lowest BCUT2D eigenvalue weighted by Crippen LogP contribution is -2.18. The van der Waals surface area contributed by atoms with Crippen LogP contribution < -0.4 is 4.90 Å². The van der Waals surface area contributed by atoms with E-state index in [0.29, 0.717) is 0 Å². The van der Waals surface area contributed by atoms with Crippen molar-refractivity contribution < 1.29 is 4.39 Å². The minimum atomic E-state index is -0.204. The molecule has 0 aliphatic carbocycles. The highest BCUT2D eigenvalue weighted by atomic mass is 19.1. The average Bonchev–Trinajstić information content (AvgIpc) is 2.83. The topological polar surface area (TPSA) is 31.9 Å². The Balaban J connectivity index is 2.13. The van der Waals surface area contributed by atoms with Crippen LogP contribution in [0.1, 0.15) is 12.8 Å². The Labute approximate surface area is 86.9 Å². The van der Waals surface area contributed by atoms with Crippen molar-refractivity contribution in [1.82, 2.24) is 10.2 Å². The van der Waals surface area contributed by atoms with Crippen molar-refractivity contribution >= 4 is 16.7 Å². The molecule has 0 saturated carbocycles. The number of fused-ring (bicyclic) bond motifs is 1. The van der Waals surface area contributed by atoms with Crippen LogP contribution in [0.3, 0.4) is 0 Å². The fourth-order valence-electron chi connectivity index (χ4n) is 2.14. The number of H-pyrrole nitrogens is 1. The third kappa shape index (κ3) is 1.37. The van der Waals surface area contributed by atoms with Gasteiger partial charge < -0.3 is 4.90 Å². The SMILES string of the molecule is Fc1ccc2[nH]nc(N3CCCC3)c2c1. The summed E-state index contributed by atoms with van der Waals surface area (Å²) in [5.41, 5.74) is 0.901. The standard InChI is InChI=1S/C11H12FN3/c12-8-3-4-10-9(7-8)11(14-13-10)15-5-1-2-6-15/h3-4,7H,1-2,5-6H2,(H,13,14). The molecule has 1 N–H and O–H groups in total. The predicted molar refractivity (Wildman–Crippen MR) is 57.5 cm³/mol. The molecule has 1 aliphatic rings. The zero-order valence-electron chi connectivity index (χ0n) is 8.33. The van der Waals surface area contributed by atoms with Crippen LogP contribution in [-0.2, 0) is 0 Å². The normalized spacial score (nSPS) is 16.5. The molecule has 78 valence electrons. The molecule has 3 nitrogen and oxygen atoms in total. The second-order valence-corrected chi connectivity index (χ2v) is 3.93. The van der Waals surface area contributed by atoms with Gasteiger partial charge in [-0.2, -0.15) is 5.10 Å². The molecule has 2 aromatic rings. The first-order valence-electron chi connectivity index (χ1n) is 5.23. The lowest BCUT2D eigenvalue weighted by molar-refractivity contribution is 0.629. The summed E-state index contributed by atoms with van der Waals surface area (Å²) in [5, 5.41) is 8.07. The van der Waals surface area contributed by atoms with Gasteiger partial charge in [-0.3, -0.25) is 5.10 Å². The van der Waals surface area contributed by atoms with Crippen molar-refractivity contribution in [3.8, 4) is 0 Å². The monoisotopic (exact) mass is 205 g/mol. The Morgan fingerprint density at radius 1 is 1.27 bits per heavy atom. The number of rotatable bonds is 1. The molecule has 1 aromatic carbocycles. The zero-order chi connectivity index (χ0) is 10.3. The summed E-state index contributed by atoms with van der Waals surface area (Å²) < 4.78 is 13.1. The first-order chi connectivity index (χ1) is 7.34. The van der Waals surface area contributed by atoms with E-state index in [0.717, 1.165) is 29.8 Å². The van der Waals surface area contributed by atoms with Gasteiger partial charge in [-0.05, 0) is 31.0 Å². The van der Waals surface area contributed by atoms with Crippen LogP contribution in [0.15, 0.2) is 18.2 Å². The maximum atomic E-state index is 13.1. The van der Waals surface area contributed by atoms with Crippen molar-refractivity contribution in [3.05, 3.63) is 24.0 Å². The Morgan fingerprint density at radius 3 is 2.87 bits per heavy atom. The molecule has 1 fully saturated rings. The number of nitrogens with one attached hydrogen (secondary N) is 1. The molecule has 0 unspecified atom stereocenters. The largest absolute Gasteiger partial charge is 0.355 e. The zero-order valence-corrected chi connectivity index (χ0v) is 8.33. The average molecular weight is 205 g/mol. The summed E-state index contributed by atoms with van der Waals surface area (Å²) in [6, 6.07) is 4.73. The second-order valence-electron chi connectivity index (χ2n) is 3.93. The summed E-state index contributed by atoms with van der Waals surface area (Å²) >= 11 is 0. The number of nitrogens with zero attached hydrogens (tertiary/aromatic N) is 2. The van der Waals surface area contributed by atoms with Gasteiger partial charge in [-0.1, -0.05) is 0 Å². The first-order valence-corrected chi connectivity index (χ1v) is 5.23. The molecular formula is C11H12FN3. The van der Waals surface area contributed by atoms with Crippen molar-refractivity contribution in [1.29, 1.82) is 0 Å². The van der Waals surface area contributed by atoms with Crippen LogP contribution in [0, 0.1) is 5.82 Å². The second kappa shape index (κ2) is 3.22. The van der Waals surface area contributed by atoms with Gasteiger partial charge in [0.1, 0.15) is 5.82 Å². The van der Waals surface area contributed by atoms with Gasteiger partial charge in [-0.25, -0.2) is 4.39 Å². The van der Waals surface area contributed by atoms with Gasteiger partial charge in [0, 0.05) is 18.5 Å². The Bertz CT molecular complexity index is 486. The number of hydrogen-bond donors (Lipinski definition) is 1. The van der Waals surface area contributed by atoms with E-state index in [4.69, 9.17) is 0 Å². The molecule has 4 heteroatoms. The molecule has 1 aliphatic heterocycles. The maximum Gasteiger partial charge on any atom is 0.158 e. The first kappa shape index (κ1) is 8.71. The summed E-state index contributed by atoms with van der Waals surface area (Å²) in [6.45, 7) is 2.05. The van der Waals surface area contributed by atoms with Gasteiger partial charge >= 0.3 is 0 Å². The molecule has 1 aromatic heterocycles. The van der Waals surface area contributed by atoms with Gasteiger partial charge in [0.25, 0.3) is 0 Å². The van der Waals surface area contributed by atoms with E-state index < -0.39 is 0 Å². The number of halogens is 1. The fraction of sp³-hybridized carbons (Fsp3) is 0.364. The maximum absolute atomic E-state index is 13.1. The molecule has 15 heavy (non-hydrogen) atoms. The number of anilines is 1. The molecule has 0 spiro atoms. The third-order valence-electron chi connectivity index (χ3n) is 2.91. The van der Waals surface area contributed by atoms with Crippen LogP contribution >= 0.6 is 0 Å². The van der Waals surface area contributed by atoms with Crippen molar-refractivity contribution in [3.63, 3.8) is 0 Å². The smallest absolute Gasteiger partial charge is 0.158 e. The Hall–Kier alpha value is -1.58. The Kier molecular flexibility index (Phi) is 1.87. The molecule has 1 saturated heterocycles. The quantitative estimate of drug-likeness (QED) is 0.774. The highest BCUT2D eigenvalue weighted by Gasteiger charge is 2.17. The third-order valence-corrected chi connectivity index (χ3v) is 2.91. The summed E-state index contributed by atoms with van der Waals surface area (Å²) in [4.78, 5) is 2.21. The Morgan fingerprint density at radius 2 is 2.07 bits per heavy atom. The highest BCUT2D eigenvalue weighted by molar-refractivity contribution is 5.90. The van der Waals surface area contributed by atoms with Gasteiger partial charge in [0.2, 0.25) is 0 Å². The van der Waals surface area contributed by atoms with Gasteiger partial charge in [0.15, 0.2) is 5.82 Å². The van der Waals surface area contributed by atoms with E-state index in [-0.39, 0.29) is 5.82 Å². The molecule has 0 atom stereocenters. The van der Waals surface area contributed by atoms with Gasteiger partial charge in [-0.15, -0.1) is 0 Å². The summed E-state index contributed by atoms with van der Waals surface area (Å²) in [5.74, 6) is 0.686. The summed E-state index contributed by atoms with van der Waals surface area (Å²) in [6.07, 6.45) is 2.40. The van der Waals surface area contributed by atoms with Crippen molar-refractivity contribution in [2.45, 2.75) is 12.8 Å². The molecule has 0 bridgehead atoms.